The molecule has 0 saturated heterocycles. The topological polar surface area (TPSA) is 67.2 Å². The number of nitrogens with zero attached hydrogens (tertiary/aromatic N) is 1. The Morgan fingerprint density at radius 2 is 2.14 bits per heavy atom. The second-order valence-electron chi connectivity index (χ2n) is 4.64. The summed E-state index contributed by atoms with van der Waals surface area (Å²) in [6.45, 7) is 3.36. The largest absolute Gasteiger partial charge is 0.360 e. The lowest BCUT2D eigenvalue weighted by atomic mass is 10.1. The summed E-state index contributed by atoms with van der Waals surface area (Å²) in [4.78, 5) is 11.7. The smallest absolute Gasteiger partial charge is 0.239 e. The summed E-state index contributed by atoms with van der Waals surface area (Å²) in [6, 6.07) is 4.48. The van der Waals surface area contributed by atoms with Crippen LogP contribution >= 0.6 is 0 Å². The van der Waals surface area contributed by atoms with E-state index in [1.165, 1.54) is 12.1 Å². The average molecular weight is 295 g/mol. The van der Waals surface area contributed by atoms with E-state index in [4.69, 9.17) is 4.52 Å². The van der Waals surface area contributed by atoms with Crippen molar-refractivity contribution >= 4 is 11.7 Å². The maximum absolute atomic E-state index is 13.6. The van der Waals surface area contributed by atoms with Crippen LogP contribution in [-0.4, -0.2) is 17.6 Å². The summed E-state index contributed by atoms with van der Waals surface area (Å²) >= 11 is 0. The number of amides is 1. The van der Waals surface area contributed by atoms with Gasteiger partial charge >= 0.3 is 0 Å². The molecular formula is C14H15F2N3O2. The molecule has 0 fully saturated rings. The van der Waals surface area contributed by atoms with Crippen LogP contribution < -0.4 is 10.6 Å². The first-order chi connectivity index (χ1) is 9.95. The molecule has 0 spiro atoms. The van der Waals surface area contributed by atoms with Crippen molar-refractivity contribution in [2.75, 3.05) is 11.9 Å². The number of rotatable bonds is 5. The second-order valence-corrected chi connectivity index (χ2v) is 4.64. The van der Waals surface area contributed by atoms with Crippen molar-refractivity contribution in [1.29, 1.82) is 0 Å². The Balaban J connectivity index is 1.88. The second kappa shape index (κ2) is 6.45. The predicted octanol–water partition coefficient (Wildman–Crippen LogP) is 2.55. The minimum atomic E-state index is -0.650. The fourth-order valence-electron chi connectivity index (χ4n) is 1.82. The number of benzene rings is 1. The van der Waals surface area contributed by atoms with E-state index in [9.17, 15) is 13.6 Å². The van der Waals surface area contributed by atoms with Crippen LogP contribution in [0, 0.1) is 18.6 Å². The Morgan fingerprint density at radius 1 is 1.38 bits per heavy atom. The summed E-state index contributed by atoms with van der Waals surface area (Å²) < 4.78 is 31.2. The van der Waals surface area contributed by atoms with Crippen LogP contribution in [0.1, 0.15) is 24.3 Å². The van der Waals surface area contributed by atoms with Crippen molar-refractivity contribution in [3.05, 3.63) is 47.2 Å². The van der Waals surface area contributed by atoms with Crippen LogP contribution in [0.25, 0.3) is 0 Å². The van der Waals surface area contributed by atoms with E-state index in [-0.39, 0.29) is 12.5 Å². The summed E-state index contributed by atoms with van der Waals surface area (Å²) in [5.74, 6) is -0.720. The first-order valence-corrected chi connectivity index (χ1v) is 6.37. The number of halogens is 2. The lowest BCUT2D eigenvalue weighted by molar-refractivity contribution is -0.115. The number of carbonyl (C=O) groups is 1. The van der Waals surface area contributed by atoms with Crippen molar-refractivity contribution < 1.29 is 18.1 Å². The zero-order valence-electron chi connectivity index (χ0n) is 11.6. The highest BCUT2D eigenvalue weighted by Gasteiger charge is 2.13. The quantitative estimate of drug-likeness (QED) is 0.889. The number of nitrogens with one attached hydrogen (secondary N) is 2. The molecule has 2 aromatic rings. The lowest BCUT2D eigenvalue weighted by Crippen LogP contribution is -2.30. The van der Waals surface area contributed by atoms with E-state index in [0.29, 0.717) is 17.1 Å². The van der Waals surface area contributed by atoms with Gasteiger partial charge in [-0.1, -0.05) is 11.2 Å². The molecule has 1 atom stereocenters. The summed E-state index contributed by atoms with van der Waals surface area (Å²) in [5, 5.41) is 9.01. The van der Waals surface area contributed by atoms with E-state index in [1.54, 1.807) is 19.9 Å². The summed E-state index contributed by atoms with van der Waals surface area (Å²) in [7, 11) is 0. The van der Waals surface area contributed by atoms with Gasteiger partial charge in [-0.2, -0.15) is 0 Å². The molecule has 0 aliphatic carbocycles. The number of aromatic nitrogens is 1. The molecule has 0 aliphatic rings. The Bertz CT molecular complexity index is 643. The highest BCUT2D eigenvalue weighted by Crippen LogP contribution is 2.17. The van der Waals surface area contributed by atoms with Crippen LogP contribution in [0.3, 0.4) is 0 Å². The maximum atomic E-state index is 13.6. The lowest BCUT2D eigenvalue weighted by Gasteiger charge is -2.14. The van der Waals surface area contributed by atoms with Crippen LogP contribution in [0.4, 0.5) is 14.6 Å². The summed E-state index contributed by atoms with van der Waals surface area (Å²) in [5.41, 5.74) is 0.293. The normalized spacial score (nSPS) is 12.2. The molecule has 1 heterocycles. The van der Waals surface area contributed by atoms with Crippen LogP contribution in [0.15, 0.2) is 28.8 Å². The average Bonchev–Trinajstić information content (AvgIpc) is 2.81. The predicted molar refractivity (Wildman–Crippen MR) is 72.6 cm³/mol. The maximum Gasteiger partial charge on any atom is 0.239 e. The van der Waals surface area contributed by atoms with Gasteiger partial charge in [0.25, 0.3) is 0 Å². The summed E-state index contributed by atoms with van der Waals surface area (Å²) in [6.07, 6.45) is 0. The van der Waals surface area contributed by atoms with Gasteiger partial charge in [-0.05, 0) is 19.9 Å². The standard InChI is InChI=1S/C14H15F2N3O2/c1-8-5-13(19-21-8)18-14(20)7-17-9(2)11-4-3-10(15)6-12(11)16/h3-6,9,17H,7H2,1-2H3,(H,18,19,20)/t9-/m1/s1. The number of hydrogen-bond donors (Lipinski definition) is 2. The molecule has 112 valence electrons. The van der Waals surface area contributed by atoms with Crippen LogP contribution in [-0.2, 0) is 4.79 Å². The molecule has 1 aromatic carbocycles. The minimum absolute atomic E-state index is 0.0378. The van der Waals surface area contributed by atoms with E-state index in [2.05, 4.69) is 15.8 Å². The Labute approximate surface area is 120 Å². The number of carbonyl (C=O) groups excluding carboxylic acids is 1. The SMILES string of the molecule is Cc1cc(NC(=O)CN[C@H](C)c2ccc(F)cc2F)no1. The van der Waals surface area contributed by atoms with Crippen LogP contribution in [0.5, 0.6) is 0 Å². The van der Waals surface area contributed by atoms with Crippen molar-refractivity contribution in [2.24, 2.45) is 0 Å². The van der Waals surface area contributed by atoms with Gasteiger partial charge in [0.2, 0.25) is 5.91 Å². The number of aryl methyl sites for hydroxylation is 1. The first kappa shape index (κ1) is 15.1. The molecule has 0 aliphatic heterocycles. The van der Waals surface area contributed by atoms with Crippen molar-refractivity contribution in [3.8, 4) is 0 Å². The van der Waals surface area contributed by atoms with Gasteiger partial charge in [0.15, 0.2) is 5.82 Å². The van der Waals surface area contributed by atoms with Crippen molar-refractivity contribution in [3.63, 3.8) is 0 Å². The zero-order valence-corrected chi connectivity index (χ0v) is 11.6. The molecular weight excluding hydrogens is 280 g/mol. The molecule has 1 aromatic heterocycles. The third kappa shape index (κ3) is 4.09. The van der Waals surface area contributed by atoms with Crippen molar-refractivity contribution in [2.45, 2.75) is 19.9 Å². The van der Waals surface area contributed by atoms with E-state index >= 15 is 0 Å². The zero-order chi connectivity index (χ0) is 15.4. The fraction of sp³-hybridized carbons (Fsp3) is 0.286. The monoisotopic (exact) mass is 295 g/mol. The molecule has 0 saturated carbocycles. The van der Waals surface area contributed by atoms with Gasteiger partial charge in [-0.15, -0.1) is 0 Å². The molecule has 5 nitrogen and oxygen atoms in total. The molecule has 1 amide bonds. The fourth-order valence-corrected chi connectivity index (χ4v) is 1.82. The van der Waals surface area contributed by atoms with Crippen molar-refractivity contribution in [1.82, 2.24) is 10.5 Å². The molecule has 7 heteroatoms. The highest BCUT2D eigenvalue weighted by molar-refractivity contribution is 5.91. The van der Waals surface area contributed by atoms with Gasteiger partial charge in [0, 0.05) is 23.7 Å². The third-order valence-electron chi connectivity index (χ3n) is 2.89. The third-order valence-corrected chi connectivity index (χ3v) is 2.89. The van der Waals surface area contributed by atoms with E-state index < -0.39 is 17.7 Å². The Hall–Kier alpha value is -2.28. The highest BCUT2D eigenvalue weighted by atomic mass is 19.1. The first-order valence-electron chi connectivity index (χ1n) is 6.37. The van der Waals surface area contributed by atoms with Gasteiger partial charge in [0.1, 0.15) is 17.4 Å². The van der Waals surface area contributed by atoms with E-state index in [1.807, 2.05) is 0 Å². The van der Waals surface area contributed by atoms with Gasteiger partial charge in [-0.3, -0.25) is 4.79 Å². The molecule has 21 heavy (non-hydrogen) atoms. The molecule has 0 bridgehead atoms. The van der Waals surface area contributed by atoms with Gasteiger partial charge in [-0.25, -0.2) is 8.78 Å². The van der Waals surface area contributed by atoms with Crippen LogP contribution in [0.2, 0.25) is 0 Å². The molecule has 0 radical (unpaired) electrons. The molecule has 2 N–H and O–H groups in total. The van der Waals surface area contributed by atoms with E-state index in [0.717, 1.165) is 6.07 Å². The molecule has 0 unspecified atom stereocenters. The van der Waals surface area contributed by atoms with Gasteiger partial charge < -0.3 is 15.2 Å². The van der Waals surface area contributed by atoms with Gasteiger partial charge in [0.05, 0.1) is 6.54 Å². The Kier molecular flexibility index (Phi) is 4.64. The number of anilines is 1. The minimum Gasteiger partial charge on any atom is -0.360 e. The molecule has 2 rings (SSSR count). The number of hydrogen-bond acceptors (Lipinski definition) is 4. The Morgan fingerprint density at radius 3 is 2.76 bits per heavy atom.